The Morgan fingerprint density at radius 1 is 1.18 bits per heavy atom. The molecule has 0 heterocycles. The highest BCUT2D eigenvalue weighted by Crippen LogP contribution is 2.33. The van der Waals surface area contributed by atoms with Crippen LogP contribution in [-0.2, 0) is 6.54 Å². The molecule has 5 heteroatoms. The lowest BCUT2D eigenvalue weighted by Crippen LogP contribution is -2.04. The Balaban J connectivity index is 2.15. The van der Waals surface area contributed by atoms with Crippen LogP contribution in [0.5, 0.6) is 11.5 Å². The fourth-order valence-corrected chi connectivity index (χ4v) is 2.52. The Kier molecular flexibility index (Phi) is 5.83. The molecule has 2 aromatic rings. The molecule has 0 unspecified atom stereocenters. The molecule has 0 atom stereocenters. The van der Waals surface area contributed by atoms with Crippen LogP contribution in [0.25, 0.3) is 0 Å². The summed E-state index contributed by atoms with van der Waals surface area (Å²) in [6.07, 6.45) is 5.23. The lowest BCUT2D eigenvalue weighted by molar-refractivity contribution is 0.367. The smallest absolute Gasteiger partial charge is 0.148 e. The summed E-state index contributed by atoms with van der Waals surface area (Å²) in [5.41, 5.74) is 1.78. The summed E-state index contributed by atoms with van der Waals surface area (Å²) in [5, 5.41) is 4.26. The zero-order valence-electron chi connectivity index (χ0n) is 12.0. The summed E-state index contributed by atoms with van der Waals surface area (Å²) in [6, 6.07) is 11.0. The summed E-state index contributed by atoms with van der Waals surface area (Å²) in [5.74, 6) is 3.77. The van der Waals surface area contributed by atoms with Crippen molar-refractivity contribution in [1.82, 2.24) is 0 Å². The van der Waals surface area contributed by atoms with Crippen LogP contribution in [0.4, 0.5) is 5.69 Å². The van der Waals surface area contributed by atoms with Crippen LogP contribution in [0.15, 0.2) is 36.4 Å². The number of hydrogen-bond donors (Lipinski definition) is 1. The zero-order valence-corrected chi connectivity index (χ0v) is 13.5. The Labute approximate surface area is 140 Å². The first-order valence-electron chi connectivity index (χ1n) is 6.56. The third kappa shape index (κ3) is 4.24. The quantitative estimate of drug-likeness (QED) is 0.781. The number of terminal acetylenes is 1. The molecule has 2 aromatic carbocycles. The van der Waals surface area contributed by atoms with E-state index in [2.05, 4.69) is 11.2 Å². The van der Waals surface area contributed by atoms with Crippen LogP contribution in [0.2, 0.25) is 10.0 Å². The Bertz CT molecular complexity index is 678. The van der Waals surface area contributed by atoms with E-state index in [1.54, 1.807) is 19.2 Å². The van der Waals surface area contributed by atoms with Crippen molar-refractivity contribution in [2.75, 3.05) is 19.0 Å². The second-order valence-electron chi connectivity index (χ2n) is 4.45. The standard InChI is InChI=1S/C17H15Cl2NO2/c1-3-8-22-17-12(9-13(18)10-16(17)19)11-20-14-4-6-15(21-2)7-5-14/h1,4-7,9-10,20H,8,11H2,2H3. The van der Waals surface area contributed by atoms with E-state index < -0.39 is 0 Å². The van der Waals surface area contributed by atoms with E-state index >= 15 is 0 Å². The van der Waals surface area contributed by atoms with E-state index in [4.69, 9.17) is 39.1 Å². The normalized spacial score (nSPS) is 9.91. The monoisotopic (exact) mass is 335 g/mol. The Hall–Kier alpha value is -2.02. The molecule has 0 fully saturated rings. The second kappa shape index (κ2) is 7.84. The van der Waals surface area contributed by atoms with Crippen LogP contribution < -0.4 is 14.8 Å². The maximum atomic E-state index is 6.17. The lowest BCUT2D eigenvalue weighted by atomic mass is 10.2. The number of ether oxygens (including phenoxy) is 2. The van der Waals surface area contributed by atoms with E-state index in [9.17, 15) is 0 Å². The van der Waals surface area contributed by atoms with Crippen molar-refractivity contribution in [2.45, 2.75) is 6.54 Å². The van der Waals surface area contributed by atoms with Crippen LogP contribution >= 0.6 is 23.2 Å². The van der Waals surface area contributed by atoms with Gasteiger partial charge in [-0.25, -0.2) is 0 Å². The van der Waals surface area contributed by atoms with Gasteiger partial charge in [0.2, 0.25) is 0 Å². The number of halogens is 2. The first-order chi connectivity index (χ1) is 10.6. The predicted octanol–water partition coefficient (Wildman–Crippen LogP) is 4.63. The minimum absolute atomic E-state index is 0.150. The molecule has 0 amide bonds. The van der Waals surface area contributed by atoms with E-state index in [1.165, 1.54) is 0 Å². The molecule has 0 radical (unpaired) electrons. The zero-order chi connectivity index (χ0) is 15.9. The highest BCUT2D eigenvalue weighted by Gasteiger charge is 2.10. The van der Waals surface area contributed by atoms with Gasteiger partial charge in [0.15, 0.2) is 0 Å². The number of nitrogens with one attached hydrogen (secondary N) is 1. The van der Waals surface area contributed by atoms with E-state index in [0.29, 0.717) is 22.3 Å². The molecular weight excluding hydrogens is 321 g/mol. The third-order valence-electron chi connectivity index (χ3n) is 2.96. The topological polar surface area (TPSA) is 30.5 Å². The van der Waals surface area contributed by atoms with E-state index in [1.807, 2.05) is 24.3 Å². The molecular formula is C17H15Cl2NO2. The minimum Gasteiger partial charge on any atom is -0.497 e. The van der Waals surface area contributed by atoms with Gasteiger partial charge >= 0.3 is 0 Å². The van der Waals surface area contributed by atoms with Crippen molar-refractivity contribution in [1.29, 1.82) is 0 Å². The van der Waals surface area contributed by atoms with Gasteiger partial charge in [-0.15, -0.1) is 6.42 Å². The molecule has 3 nitrogen and oxygen atoms in total. The summed E-state index contributed by atoms with van der Waals surface area (Å²) < 4.78 is 10.6. The summed E-state index contributed by atoms with van der Waals surface area (Å²) in [4.78, 5) is 0. The lowest BCUT2D eigenvalue weighted by Gasteiger charge is -2.14. The average molecular weight is 336 g/mol. The Morgan fingerprint density at radius 3 is 2.55 bits per heavy atom. The number of methoxy groups -OCH3 is 1. The van der Waals surface area contributed by atoms with Crippen LogP contribution in [0.3, 0.4) is 0 Å². The van der Waals surface area contributed by atoms with Gasteiger partial charge in [0.25, 0.3) is 0 Å². The van der Waals surface area contributed by atoms with Gasteiger partial charge in [-0.3, -0.25) is 0 Å². The SMILES string of the molecule is C#CCOc1c(Cl)cc(Cl)cc1CNc1ccc(OC)cc1. The molecule has 22 heavy (non-hydrogen) atoms. The van der Waals surface area contributed by atoms with Crippen molar-refractivity contribution >= 4 is 28.9 Å². The number of rotatable bonds is 6. The Morgan fingerprint density at radius 2 is 1.91 bits per heavy atom. The van der Waals surface area contributed by atoms with Crippen molar-refractivity contribution < 1.29 is 9.47 Å². The second-order valence-corrected chi connectivity index (χ2v) is 5.29. The molecule has 1 N–H and O–H groups in total. The fourth-order valence-electron chi connectivity index (χ4n) is 1.93. The largest absolute Gasteiger partial charge is 0.497 e. The predicted molar refractivity (Wildman–Crippen MR) is 91.1 cm³/mol. The summed E-state index contributed by atoms with van der Waals surface area (Å²) in [6.45, 7) is 0.656. The molecule has 114 valence electrons. The first kappa shape index (κ1) is 16.4. The van der Waals surface area contributed by atoms with Gasteiger partial charge in [-0.2, -0.15) is 0 Å². The highest BCUT2D eigenvalue weighted by atomic mass is 35.5. The average Bonchev–Trinajstić information content (AvgIpc) is 2.52. The number of hydrogen-bond acceptors (Lipinski definition) is 3. The number of anilines is 1. The first-order valence-corrected chi connectivity index (χ1v) is 7.31. The van der Waals surface area contributed by atoms with Gasteiger partial charge in [0, 0.05) is 22.8 Å². The summed E-state index contributed by atoms with van der Waals surface area (Å²) in [7, 11) is 1.63. The van der Waals surface area contributed by atoms with Crippen LogP contribution in [0, 0.1) is 12.3 Å². The molecule has 0 bridgehead atoms. The van der Waals surface area contributed by atoms with Crippen molar-refractivity contribution in [3.05, 3.63) is 52.0 Å². The van der Waals surface area contributed by atoms with Crippen molar-refractivity contribution in [3.8, 4) is 23.8 Å². The maximum absolute atomic E-state index is 6.17. The molecule has 0 spiro atoms. The summed E-state index contributed by atoms with van der Waals surface area (Å²) >= 11 is 12.2. The van der Waals surface area contributed by atoms with Gasteiger partial charge < -0.3 is 14.8 Å². The van der Waals surface area contributed by atoms with Crippen molar-refractivity contribution in [2.24, 2.45) is 0 Å². The molecule has 0 saturated heterocycles. The third-order valence-corrected chi connectivity index (χ3v) is 3.46. The minimum atomic E-state index is 0.150. The van der Waals surface area contributed by atoms with Gasteiger partial charge in [0.1, 0.15) is 18.1 Å². The molecule has 0 aliphatic rings. The molecule has 0 saturated carbocycles. The van der Waals surface area contributed by atoms with Gasteiger partial charge in [0.05, 0.1) is 12.1 Å². The highest BCUT2D eigenvalue weighted by molar-refractivity contribution is 6.35. The molecule has 2 rings (SSSR count). The van der Waals surface area contributed by atoms with Gasteiger partial charge in [-0.1, -0.05) is 29.1 Å². The van der Waals surface area contributed by atoms with Crippen molar-refractivity contribution in [3.63, 3.8) is 0 Å². The molecule has 0 aliphatic heterocycles. The van der Waals surface area contributed by atoms with E-state index in [0.717, 1.165) is 17.0 Å². The van der Waals surface area contributed by atoms with Crippen LogP contribution in [0.1, 0.15) is 5.56 Å². The van der Waals surface area contributed by atoms with Gasteiger partial charge in [-0.05, 0) is 36.4 Å². The fraction of sp³-hybridized carbons (Fsp3) is 0.176. The van der Waals surface area contributed by atoms with Crippen LogP contribution in [-0.4, -0.2) is 13.7 Å². The number of benzene rings is 2. The molecule has 0 aromatic heterocycles. The van der Waals surface area contributed by atoms with E-state index in [-0.39, 0.29) is 6.61 Å². The molecule has 0 aliphatic carbocycles. The maximum Gasteiger partial charge on any atom is 0.148 e.